The third-order valence-electron chi connectivity index (χ3n) is 3.30. The summed E-state index contributed by atoms with van der Waals surface area (Å²) in [5.74, 6) is 0. The van der Waals surface area contributed by atoms with Gasteiger partial charge in [-0.2, -0.15) is 0 Å². The highest BCUT2D eigenvalue weighted by Gasteiger charge is 2.22. The van der Waals surface area contributed by atoms with Crippen molar-refractivity contribution < 1.29 is 0 Å². The van der Waals surface area contributed by atoms with Crippen LogP contribution < -0.4 is 5.32 Å². The van der Waals surface area contributed by atoms with Gasteiger partial charge < -0.3 is 5.32 Å². The number of benzene rings is 1. The maximum Gasteiger partial charge on any atom is 0.0468 e. The summed E-state index contributed by atoms with van der Waals surface area (Å²) < 4.78 is 0. The zero-order valence-corrected chi connectivity index (χ0v) is 11.6. The quantitative estimate of drug-likeness (QED) is 0.908. The fourth-order valence-corrected chi connectivity index (χ4v) is 2.97. The van der Waals surface area contributed by atoms with Crippen LogP contribution in [0, 0.1) is 0 Å². The molecule has 0 saturated carbocycles. The Balaban J connectivity index is 2.21. The molecular formula is C13H18Cl2N2. The predicted octanol–water partition coefficient (Wildman–Crippen LogP) is 3.35. The molecule has 1 aliphatic heterocycles. The van der Waals surface area contributed by atoms with E-state index in [0.717, 1.165) is 37.6 Å². The maximum atomic E-state index is 6.30. The summed E-state index contributed by atoms with van der Waals surface area (Å²) in [5, 5.41) is 4.86. The van der Waals surface area contributed by atoms with Gasteiger partial charge in [0.1, 0.15) is 0 Å². The SMILES string of the molecule is CC[C@H](c1ccc(Cl)cc1Cl)N1CCNCC1. The molecule has 1 N–H and O–H groups in total. The van der Waals surface area contributed by atoms with Crippen LogP contribution in [0.15, 0.2) is 18.2 Å². The number of hydrogen-bond acceptors (Lipinski definition) is 2. The number of hydrogen-bond donors (Lipinski definition) is 1. The van der Waals surface area contributed by atoms with Crippen molar-refractivity contribution in [2.24, 2.45) is 0 Å². The molecule has 2 nitrogen and oxygen atoms in total. The number of nitrogens with one attached hydrogen (secondary N) is 1. The molecule has 1 saturated heterocycles. The molecule has 0 aliphatic carbocycles. The zero-order valence-electron chi connectivity index (χ0n) is 10.0. The minimum atomic E-state index is 0.405. The molecular weight excluding hydrogens is 255 g/mol. The second-order valence-corrected chi connectivity index (χ2v) is 5.22. The summed E-state index contributed by atoms with van der Waals surface area (Å²) in [6.07, 6.45) is 1.07. The number of nitrogens with zero attached hydrogens (tertiary/aromatic N) is 1. The molecule has 0 bridgehead atoms. The van der Waals surface area contributed by atoms with Gasteiger partial charge >= 0.3 is 0 Å². The molecule has 0 unspecified atom stereocenters. The highest BCUT2D eigenvalue weighted by atomic mass is 35.5. The average molecular weight is 273 g/mol. The van der Waals surface area contributed by atoms with Gasteiger partial charge in [-0.25, -0.2) is 0 Å². The lowest BCUT2D eigenvalue weighted by molar-refractivity contribution is 0.169. The minimum absolute atomic E-state index is 0.405. The molecule has 4 heteroatoms. The molecule has 2 rings (SSSR count). The Morgan fingerprint density at radius 2 is 2.00 bits per heavy atom. The van der Waals surface area contributed by atoms with Crippen LogP contribution in [0.2, 0.25) is 10.0 Å². The first-order valence-corrected chi connectivity index (χ1v) is 6.87. The average Bonchev–Trinajstić information content (AvgIpc) is 2.34. The van der Waals surface area contributed by atoms with Crippen molar-refractivity contribution in [3.63, 3.8) is 0 Å². The van der Waals surface area contributed by atoms with Crippen LogP contribution in [-0.2, 0) is 0 Å². The summed E-state index contributed by atoms with van der Waals surface area (Å²) in [7, 11) is 0. The van der Waals surface area contributed by atoms with E-state index in [1.165, 1.54) is 5.56 Å². The molecule has 1 heterocycles. The van der Waals surface area contributed by atoms with Crippen LogP contribution in [-0.4, -0.2) is 31.1 Å². The zero-order chi connectivity index (χ0) is 12.3. The van der Waals surface area contributed by atoms with Crippen LogP contribution in [0.4, 0.5) is 0 Å². The molecule has 0 amide bonds. The van der Waals surface area contributed by atoms with Gasteiger partial charge in [-0.1, -0.05) is 36.2 Å². The summed E-state index contributed by atoms with van der Waals surface area (Å²) in [6.45, 7) is 6.48. The lowest BCUT2D eigenvalue weighted by Gasteiger charge is -2.35. The van der Waals surface area contributed by atoms with Crippen molar-refractivity contribution in [2.75, 3.05) is 26.2 Å². The standard InChI is InChI=1S/C13H18Cl2N2/c1-2-13(17-7-5-16-6-8-17)11-4-3-10(14)9-12(11)15/h3-4,9,13,16H,2,5-8H2,1H3/t13-/m1/s1. The van der Waals surface area contributed by atoms with E-state index in [9.17, 15) is 0 Å². The second-order valence-electron chi connectivity index (χ2n) is 4.38. The van der Waals surface area contributed by atoms with E-state index in [0.29, 0.717) is 11.1 Å². The van der Waals surface area contributed by atoms with Crippen molar-refractivity contribution in [2.45, 2.75) is 19.4 Å². The van der Waals surface area contributed by atoms with Crippen LogP contribution in [0.1, 0.15) is 24.9 Å². The van der Waals surface area contributed by atoms with Gasteiger partial charge in [0.2, 0.25) is 0 Å². The molecule has 94 valence electrons. The van der Waals surface area contributed by atoms with E-state index in [2.05, 4.69) is 23.2 Å². The fourth-order valence-electron chi connectivity index (χ4n) is 2.44. The molecule has 1 aliphatic rings. The summed E-state index contributed by atoms with van der Waals surface area (Å²) in [5.41, 5.74) is 1.19. The number of rotatable bonds is 3. The van der Waals surface area contributed by atoms with Crippen LogP contribution in [0.5, 0.6) is 0 Å². The van der Waals surface area contributed by atoms with E-state index in [1.807, 2.05) is 12.1 Å². The fraction of sp³-hybridized carbons (Fsp3) is 0.538. The Bertz CT molecular complexity index is 376. The van der Waals surface area contributed by atoms with Gasteiger partial charge in [-0.05, 0) is 24.1 Å². The van der Waals surface area contributed by atoms with Gasteiger partial charge in [0.25, 0.3) is 0 Å². The minimum Gasteiger partial charge on any atom is -0.314 e. The smallest absolute Gasteiger partial charge is 0.0468 e. The highest BCUT2D eigenvalue weighted by Crippen LogP contribution is 2.32. The molecule has 0 aromatic heterocycles. The molecule has 17 heavy (non-hydrogen) atoms. The first-order chi connectivity index (χ1) is 8.22. The predicted molar refractivity (Wildman–Crippen MR) is 73.9 cm³/mol. The molecule has 1 atom stereocenters. The molecule has 1 aromatic carbocycles. The molecule has 1 fully saturated rings. The maximum absolute atomic E-state index is 6.30. The number of halogens is 2. The Hall–Kier alpha value is -0.280. The van der Waals surface area contributed by atoms with Crippen molar-refractivity contribution in [1.82, 2.24) is 10.2 Å². The van der Waals surface area contributed by atoms with Crippen LogP contribution in [0.25, 0.3) is 0 Å². The van der Waals surface area contributed by atoms with Crippen molar-refractivity contribution in [3.05, 3.63) is 33.8 Å². The van der Waals surface area contributed by atoms with Gasteiger partial charge in [0, 0.05) is 42.3 Å². The van der Waals surface area contributed by atoms with Crippen molar-refractivity contribution in [3.8, 4) is 0 Å². The van der Waals surface area contributed by atoms with E-state index >= 15 is 0 Å². The van der Waals surface area contributed by atoms with E-state index in [1.54, 1.807) is 0 Å². The Kier molecular flexibility index (Phi) is 4.69. The first-order valence-electron chi connectivity index (χ1n) is 6.12. The van der Waals surface area contributed by atoms with E-state index in [-0.39, 0.29) is 0 Å². The van der Waals surface area contributed by atoms with Gasteiger partial charge in [0.05, 0.1) is 0 Å². The second kappa shape index (κ2) is 6.05. The molecule has 0 spiro atoms. The highest BCUT2D eigenvalue weighted by molar-refractivity contribution is 6.35. The third-order valence-corrected chi connectivity index (χ3v) is 3.86. The summed E-state index contributed by atoms with van der Waals surface area (Å²) in [6, 6.07) is 6.22. The monoisotopic (exact) mass is 272 g/mol. The Morgan fingerprint density at radius 1 is 1.29 bits per heavy atom. The third kappa shape index (κ3) is 3.14. The molecule has 0 radical (unpaired) electrons. The van der Waals surface area contributed by atoms with Crippen molar-refractivity contribution in [1.29, 1.82) is 0 Å². The van der Waals surface area contributed by atoms with Gasteiger partial charge in [0.15, 0.2) is 0 Å². The largest absolute Gasteiger partial charge is 0.314 e. The van der Waals surface area contributed by atoms with Gasteiger partial charge in [-0.15, -0.1) is 0 Å². The van der Waals surface area contributed by atoms with E-state index in [4.69, 9.17) is 23.2 Å². The summed E-state index contributed by atoms with van der Waals surface area (Å²) in [4.78, 5) is 2.49. The Labute approximate surface area is 113 Å². The lowest BCUT2D eigenvalue weighted by atomic mass is 10.0. The van der Waals surface area contributed by atoms with E-state index < -0.39 is 0 Å². The van der Waals surface area contributed by atoms with Crippen LogP contribution in [0.3, 0.4) is 0 Å². The van der Waals surface area contributed by atoms with Crippen molar-refractivity contribution >= 4 is 23.2 Å². The normalized spacial score (nSPS) is 19.2. The topological polar surface area (TPSA) is 15.3 Å². The Morgan fingerprint density at radius 3 is 2.59 bits per heavy atom. The molecule has 1 aromatic rings. The first kappa shape index (κ1) is 13.2. The van der Waals surface area contributed by atoms with Crippen LogP contribution >= 0.6 is 23.2 Å². The number of piperazine rings is 1. The van der Waals surface area contributed by atoms with Gasteiger partial charge in [-0.3, -0.25) is 4.90 Å². The summed E-state index contributed by atoms with van der Waals surface area (Å²) >= 11 is 12.2. The lowest BCUT2D eigenvalue weighted by Crippen LogP contribution is -2.45.